The van der Waals surface area contributed by atoms with E-state index >= 15 is 0 Å². The van der Waals surface area contributed by atoms with Gasteiger partial charge in [0, 0.05) is 25.8 Å². The third-order valence-electron chi connectivity index (χ3n) is 3.52. The third-order valence-corrected chi connectivity index (χ3v) is 3.52. The van der Waals surface area contributed by atoms with Crippen LogP contribution in [0.25, 0.3) is 0 Å². The largest absolute Gasteiger partial charge is 0.504 e. The number of rotatable bonds is 3. The Morgan fingerprint density at radius 2 is 2.32 bits per heavy atom. The molecule has 1 saturated heterocycles. The maximum absolute atomic E-state index is 11.7. The Hall–Kier alpha value is -1.98. The monoisotopic (exact) mass is 307 g/mol. The summed E-state index contributed by atoms with van der Waals surface area (Å²) in [5.74, 6) is 1.13. The van der Waals surface area contributed by atoms with Gasteiger partial charge in [-0.2, -0.15) is 0 Å². The SMILES string of the molecule is CC(C)(C)OC(=O)NC[C@H]1CCCN(c2ncccc2O)C1. The molecule has 2 rings (SSSR count). The van der Waals surface area contributed by atoms with Crippen molar-refractivity contribution in [2.75, 3.05) is 24.5 Å². The number of piperidine rings is 1. The quantitative estimate of drug-likeness (QED) is 0.897. The van der Waals surface area contributed by atoms with Crippen LogP contribution in [0.4, 0.5) is 10.6 Å². The van der Waals surface area contributed by atoms with Crippen molar-refractivity contribution in [3.05, 3.63) is 18.3 Å². The number of hydrogen-bond donors (Lipinski definition) is 2. The molecule has 0 radical (unpaired) electrons. The Kier molecular flexibility index (Phi) is 5.11. The fourth-order valence-corrected chi connectivity index (χ4v) is 2.60. The first-order chi connectivity index (χ1) is 10.3. The summed E-state index contributed by atoms with van der Waals surface area (Å²) in [6.45, 7) is 7.74. The fraction of sp³-hybridized carbons (Fsp3) is 0.625. The normalized spacial score (nSPS) is 18.9. The number of hydrogen-bond acceptors (Lipinski definition) is 5. The van der Waals surface area contributed by atoms with Gasteiger partial charge in [0.1, 0.15) is 5.60 Å². The van der Waals surface area contributed by atoms with E-state index in [9.17, 15) is 9.90 Å². The standard InChI is InChI=1S/C16H25N3O3/c1-16(2,3)22-15(21)18-10-12-6-5-9-19(11-12)14-13(20)7-4-8-17-14/h4,7-8,12,20H,5-6,9-11H2,1-3H3,(H,18,21)/t12-/m1/s1. The Morgan fingerprint density at radius 1 is 1.55 bits per heavy atom. The van der Waals surface area contributed by atoms with Crippen LogP contribution in [0.5, 0.6) is 5.75 Å². The number of aromatic nitrogens is 1. The predicted molar refractivity (Wildman–Crippen MR) is 85.1 cm³/mol. The number of nitrogens with one attached hydrogen (secondary N) is 1. The molecule has 22 heavy (non-hydrogen) atoms. The summed E-state index contributed by atoms with van der Waals surface area (Å²) >= 11 is 0. The van der Waals surface area contributed by atoms with Gasteiger partial charge in [0.2, 0.25) is 0 Å². The Labute approximate surface area is 131 Å². The van der Waals surface area contributed by atoms with E-state index in [2.05, 4.69) is 15.2 Å². The van der Waals surface area contributed by atoms with E-state index in [4.69, 9.17) is 4.74 Å². The van der Waals surface area contributed by atoms with E-state index in [1.54, 1.807) is 18.3 Å². The maximum atomic E-state index is 11.7. The molecule has 0 saturated carbocycles. The molecule has 1 aliphatic rings. The molecule has 2 N–H and O–H groups in total. The van der Waals surface area contributed by atoms with Gasteiger partial charge < -0.3 is 20.1 Å². The summed E-state index contributed by atoms with van der Waals surface area (Å²) in [5.41, 5.74) is -0.484. The lowest BCUT2D eigenvalue weighted by Crippen LogP contribution is -2.42. The van der Waals surface area contributed by atoms with Gasteiger partial charge in [0.25, 0.3) is 0 Å². The van der Waals surface area contributed by atoms with E-state index in [-0.39, 0.29) is 11.8 Å². The summed E-state index contributed by atoms with van der Waals surface area (Å²) in [6, 6.07) is 3.36. The number of amides is 1. The average molecular weight is 307 g/mol. The first kappa shape index (κ1) is 16.4. The number of aromatic hydroxyl groups is 1. The lowest BCUT2D eigenvalue weighted by atomic mass is 9.98. The first-order valence-electron chi connectivity index (χ1n) is 7.71. The van der Waals surface area contributed by atoms with Gasteiger partial charge in [-0.3, -0.25) is 0 Å². The molecule has 0 spiro atoms. The molecule has 2 heterocycles. The summed E-state index contributed by atoms with van der Waals surface area (Å²) in [5, 5.41) is 12.7. The van der Waals surface area contributed by atoms with E-state index in [1.807, 2.05) is 20.8 Å². The zero-order valence-electron chi connectivity index (χ0n) is 13.5. The predicted octanol–water partition coefficient (Wildman–Crippen LogP) is 2.53. The van der Waals surface area contributed by atoms with E-state index < -0.39 is 5.60 Å². The first-order valence-corrected chi connectivity index (χ1v) is 7.71. The van der Waals surface area contributed by atoms with Crippen molar-refractivity contribution in [3.8, 4) is 5.75 Å². The fourth-order valence-electron chi connectivity index (χ4n) is 2.60. The maximum Gasteiger partial charge on any atom is 0.407 e. The van der Waals surface area contributed by atoms with Gasteiger partial charge in [-0.25, -0.2) is 9.78 Å². The molecule has 1 fully saturated rings. The molecule has 1 atom stereocenters. The number of anilines is 1. The molecule has 6 nitrogen and oxygen atoms in total. The van der Waals surface area contributed by atoms with Crippen LogP contribution in [0.3, 0.4) is 0 Å². The molecular weight excluding hydrogens is 282 g/mol. The zero-order valence-corrected chi connectivity index (χ0v) is 13.5. The van der Waals surface area contributed by atoms with Gasteiger partial charge >= 0.3 is 6.09 Å². The summed E-state index contributed by atoms with van der Waals surface area (Å²) < 4.78 is 5.24. The van der Waals surface area contributed by atoms with Crippen molar-refractivity contribution in [3.63, 3.8) is 0 Å². The highest BCUT2D eigenvalue weighted by Gasteiger charge is 2.24. The van der Waals surface area contributed by atoms with E-state index in [1.165, 1.54) is 0 Å². The Balaban J connectivity index is 1.86. The minimum Gasteiger partial charge on any atom is -0.504 e. The van der Waals surface area contributed by atoms with Crippen molar-refractivity contribution in [2.24, 2.45) is 5.92 Å². The zero-order chi connectivity index (χ0) is 16.2. The summed E-state index contributed by atoms with van der Waals surface area (Å²) in [7, 11) is 0. The van der Waals surface area contributed by atoms with Crippen LogP contribution in [-0.2, 0) is 4.74 Å². The van der Waals surface area contributed by atoms with Gasteiger partial charge in [-0.1, -0.05) is 0 Å². The number of carbonyl (C=O) groups excluding carboxylic acids is 1. The molecule has 6 heteroatoms. The topological polar surface area (TPSA) is 74.7 Å². The number of nitrogens with zero attached hydrogens (tertiary/aromatic N) is 2. The molecule has 1 aromatic rings. The molecule has 1 aliphatic heterocycles. The number of carbonyl (C=O) groups is 1. The van der Waals surface area contributed by atoms with E-state index in [0.29, 0.717) is 18.3 Å². The molecule has 0 unspecified atom stereocenters. The second-order valence-corrected chi connectivity index (χ2v) is 6.68. The highest BCUT2D eigenvalue weighted by molar-refractivity contribution is 5.67. The van der Waals surface area contributed by atoms with Crippen molar-refractivity contribution in [1.82, 2.24) is 10.3 Å². The lowest BCUT2D eigenvalue weighted by Gasteiger charge is -2.34. The van der Waals surface area contributed by atoms with Crippen LogP contribution < -0.4 is 10.2 Å². The second-order valence-electron chi connectivity index (χ2n) is 6.68. The summed E-state index contributed by atoms with van der Waals surface area (Å²) in [4.78, 5) is 18.0. The van der Waals surface area contributed by atoms with Crippen LogP contribution in [0, 0.1) is 5.92 Å². The van der Waals surface area contributed by atoms with Crippen LogP contribution in [0.15, 0.2) is 18.3 Å². The van der Waals surface area contributed by atoms with Crippen LogP contribution >= 0.6 is 0 Å². The number of pyridine rings is 1. The van der Waals surface area contributed by atoms with Gasteiger partial charge in [-0.05, 0) is 51.7 Å². The van der Waals surface area contributed by atoms with Crippen LogP contribution in [0.1, 0.15) is 33.6 Å². The molecule has 0 aromatic carbocycles. The highest BCUT2D eigenvalue weighted by atomic mass is 16.6. The minimum absolute atomic E-state index is 0.197. The molecule has 1 aromatic heterocycles. The molecular formula is C16H25N3O3. The number of ether oxygens (including phenoxy) is 1. The average Bonchev–Trinajstić information content (AvgIpc) is 2.44. The van der Waals surface area contributed by atoms with Crippen molar-refractivity contribution < 1.29 is 14.6 Å². The van der Waals surface area contributed by atoms with Crippen LogP contribution in [-0.4, -0.2) is 41.4 Å². The molecule has 1 amide bonds. The third kappa shape index (κ3) is 4.79. The Bertz CT molecular complexity index is 514. The molecule has 0 bridgehead atoms. The van der Waals surface area contributed by atoms with Crippen molar-refractivity contribution in [1.29, 1.82) is 0 Å². The van der Waals surface area contributed by atoms with Crippen molar-refractivity contribution in [2.45, 2.75) is 39.2 Å². The minimum atomic E-state index is -0.484. The van der Waals surface area contributed by atoms with Crippen LogP contribution in [0.2, 0.25) is 0 Å². The molecule has 0 aliphatic carbocycles. The lowest BCUT2D eigenvalue weighted by molar-refractivity contribution is 0.0517. The van der Waals surface area contributed by atoms with E-state index in [0.717, 1.165) is 25.9 Å². The van der Waals surface area contributed by atoms with Gasteiger partial charge in [0.15, 0.2) is 11.6 Å². The smallest absolute Gasteiger partial charge is 0.407 e. The van der Waals surface area contributed by atoms with Crippen molar-refractivity contribution >= 4 is 11.9 Å². The van der Waals surface area contributed by atoms with Gasteiger partial charge in [0.05, 0.1) is 0 Å². The Morgan fingerprint density at radius 3 is 3.00 bits per heavy atom. The summed E-state index contributed by atoms with van der Waals surface area (Å²) in [6.07, 6.45) is 3.35. The second kappa shape index (κ2) is 6.85. The van der Waals surface area contributed by atoms with Gasteiger partial charge in [-0.15, -0.1) is 0 Å². The highest BCUT2D eigenvalue weighted by Crippen LogP contribution is 2.28. The number of alkyl carbamates (subject to hydrolysis) is 1. The molecule has 122 valence electrons.